The minimum Gasteiger partial charge on any atom is -0.355 e. The minimum absolute atomic E-state index is 0.00213. The summed E-state index contributed by atoms with van der Waals surface area (Å²) in [4.78, 5) is 16.2. The summed E-state index contributed by atoms with van der Waals surface area (Å²) in [6, 6.07) is 6.42. The lowest BCUT2D eigenvalue weighted by molar-refractivity contribution is -0.195. The highest BCUT2D eigenvalue weighted by Crippen LogP contribution is 2.36. The second kappa shape index (κ2) is 8.26. The molecule has 1 aliphatic rings. The lowest BCUT2D eigenvalue weighted by Crippen LogP contribution is -2.40. The molecule has 0 saturated carbocycles. The van der Waals surface area contributed by atoms with Crippen LogP contribution in [0.3, 0.4) is 0 Å². The molecule has 1 N–H and O–H groups in total. The molecule has 1 amide bonds. The van der Waals surface area contributed by atoms with Crippen LogP contribution in [0.5, 0.6) is 0 Å². The van der Waals surface area contributed by atoms with E-state index in [-0.39, 0.29) is 28.4 Å². The maximum atomic E-state index is 14.0. The van der Waals surface area contributed by atoms with Gasteiger partial charge in [-0.2, -0.15) is 18.3 Å². The molecule has 1 aromatic carbocycles. The van der Waals surface area contributed by atoms with Gasteiger partial charge in [-0.1, -0.05) is 17.7 Å². The van der Waals surface area contributed by atoms with E-state index in [4.69, 9.17) is 16.3 Å². The Morgan fingerprint density at radius 1 is 1.31 bits per heavy atom. The van der Waals surface area contributed by atoms with Crippen molar-refractivity contribution in [1.82, 2.24) is 15.5 Å². The lowest BCUT2D eigenvalue weighted by atomic mass is 9.88. The van der Waals surface area contributed by atoms with Gasteiger partial charge >= 0.3 is 6.18 Å². The van der Waals surface area contributed by atoms with E-state index in [1.807, 2.05) is 0 Å². The van der Waals surface area contributed by atoms with Crippen molar-refractivity contribution in [1.29, 1.82) is 0 Å². The molecule has 0 bridgehead atoms. The van der Waals surface area contributed by atoms with Crippen molar-refractivity contribution in [3.63, 3.8) is 0 Å². The summed E-state index contributed by atoms with van der Waals surface area (Å²) >= 11 is 5.67. The molecule has 0 fully saturated rings. The number of alkyl halides is 3. The summed E-state index contributed by atoms with van der Waals surface area (Å²) in [5.41, 5.74) is -1.55. The fraction of sp³-hybridized carbons (Fsp3) is 0.222. The maximum Gasteiger partial charge on any atom is 0.411 e. The second-order valence-electron chi connectivity index (χ2n) is 6.09. The summed E-state index contributed by atoms with van der Waals surface area (Å²) in [6.07, 6.45) is -1.10. The average molecular weight is 429 g/mol. The highest BCUT2D eigenvalue weighted by atomic mass is 35.5. The van der Waals surface area contributed by atoms with E-state index >= 15 is 0 Å². The molecule has 2 aromatic rings. The number of hydrogen-bond donors (Lipinski definition) is 1. The molecule has 2 heterocycles. The summed E-state index contributed by atoms with van der Waals surface area (Å²) < 4.78 is 57.5. The summed E-state index contributed by atoms with van der Waals surface area (Å²) in [5, 5.41) is 9.55. The van der Waals surface area contributed by atoms with Gasteiger partial charge in [0.2, 0.25) is 0 Å². The van der Waals surface area contributed by atoms with Gasteiger partial charge in [0.25, 0.3) is 5.91 Å². The molecular formula is C18H13ClF4N4O2. The number of ether oxygens (including phenoxy) is 1. The molecule has 1 atom stereocenters. The van der Waals surface area contributed by atoms with Crippen LogP contribution >= 0.6 is 11.6 Å². The standard InChI is InChI=1S/C18H13ClF4N4O2/c19-13-4-3-11(6-14(13)20)17(29-10-18(21,22)23)7-12(8-24-9-17)26-16(28)15-2-1-5-25-27-15/h1-6,8-9H,7,10H2,(H,26,28). The molecule has 1 aromatic heterocycles. The van der Waals surface area contributed by atoms with Gasteiger partial charge in [-0.05, 0) is 29.8 Å². The van der Waals surface area contributed by atoms with E-state index < -0.39 is 30.1 Å². The molecular weight excluding hydrogens is 416 g/mol. The fourth-order valence-electron chi connectivity index (χ4n) is 2.65. The van der Waals surface area contributed by atoms with Crippen molar-refractivity contribution in [3.8, 4) is 0 Å². The van der Waals surface area contributed by atoms with Gasteiger partial charge in [0.15, 0.2) is 5.69 Å². The zero-order valence-electron chi connectivity index (χ0n) is 14.6. The van der Waals surface area contributed by atoms with E-state index in [9.17, 15) is 22.4 Å². The molecule has 0 radical (unpaired) electrons. The van der Waals surface area contributed by atoms with Crippen molar-refractivity contribution in [2.45, 2.75) is 18.2 Å². The predicted molar refractivity (Wildman–Crippen MR) is 95.8 cm³/mol. The number of hydrogen-bond acceptors (Lipinski definition) is 5. The second-order valence-corrected chi connectivity index (χ2v) is 6.50. The first kappa shape index (κ1) is 20.9. The minimum atomic E-state index is -4.63. The van der Waals surface area contributed by atoms with Gasteiger partial charge in [0.05, 0.1) is 5.02 Å². The summed E-state index contributed by atoms with van der Waals surface area (Å²) in [5.74, 6) is -1.46. The number of aliphatic imine (C=N–C) groups is 1. The first-order valence-electron chi connectivity index (χ1n) is 8.17. The van der Waals surface area contributed by atoms with Crippen LogP contribution < -0.4 is 5.32 Å². The Labute approximate surface area is 167 Å². The van der Waals surface area contributed by atoms with E-state index in [1.165, 1.54) is 36.7 Å². The van der Waals surface area contributed by atoms with E-state index in [0.29, 0.717) is 0 Å². The molecule has 1 unspecified atom stereocenters. The van der Waals surface area contributed by atoms with Crippen LogP contribution in [0.4, 0.5) is 17.6 Å². The largest absolute Gasteiger partial charge is 0.411 e. The molecule has 6 nitrogen and oxygen atoms in total. The van der Waals surface area contributed by atoms with E-state index in [0.717, 1.165) is 12.3 Å². The van der Waals surface area contributed by atoms with E-state index in [2.05, 4.69) is 20.5 Å². The van der Waals surface area contributed by atoms with Gasteiger partial charge in [0, 0.05) is 30.7 Å². The number of nitrogens with one attached hydrogen (secondary N) is 1. The van der Waals surface area contributed by atoms with Crippen molar-refractivity contribution in [2.75, 3.05) is 6.61 Å². The Kier molecular flexibility index (Phi) is 5.94. The van der Waals surface area contributed by atoms with Crippen molar-refractivity contribution in [3.05, 3.63) is 70.5 Å². The number of carbonyl (C=O) groups excluding carboxylic acids is 1. The van der Waals surface area contributed by atoms with Crippen LogP contribution in [0.2, 0.25) is 5.02 Å². The molecule has 0 aliphatic carbocycles. The van der Waals surface area contributed by atoms with Gasteiger partial charge in [-0.15, -0.1) is 5.10 Å². The molecule has 1 aliphatic heterocycles. The van der Waals surface area contributed by atoms with Crippen LogP contribution in [-0.2, 0) is 10.3 Å². The number of carbonyl (C=O) groups is 1. The van der Waals surface area contributed by atoms with Crippen LogP contribution in [-0.4, -0.2) is 35.1 Å². The van der Waals surface area contributed by atoms with Crippen molar-refractivity contribution >= 4 is 23.7 Å². The third-order valence-corrected chi connectivity index (χ3v) is 4.25. The lowest BCUT2D eigenvalue weighted by Gasteiger charge is -2.34. The zero-order valence-corrected chi connectivity index (χ0v) is 15.3. The Morgan fingerprint density at radius 3 is 2.76 bits per heavy atom. The molecule has 152 valence electrons. The van der Waals surface area contributed by atoms with Crippen LogP contribution in [0.25, 0.3) is 0 Å². The molecule has 0 saturated heterocycles. The average Bonchev–Trinajstić information content (AvgIpc) is 2.69. The number of aromatic nitrogens is 2. The normalized spacial score (nSPS) is 19.0. The van der Waals surface area contributed by atoms with Gasteiger partial charge in [0.1, 0.15) is 18.0 Å². The highest BCUT2D eigenvalue weighted by molar-refractivity contribution is 6.30. The quantitative estimate of drug-likeness (QED) is 0.735. The predicted octanol–water partition coefficient (Wildman–Crippen LogP) is 3.79. The monoisotopic (exact) mass is 428 g/mol. The molecule has 0 spiro atoms. The smallest absolute Gasteiger partial charge is 0.355 e. The molecule has 11 heteroatoms. The zero-order chi connectivity index (χ0) is 21.1. The third kappa shape index (κ3) is 5.15. The highest BCUT2D eigenvalue weighted by Gasteiger charge is 2.40. The summed E-state index contributed by atoms with van der Waals surface area (Å²) in [7, 11) is 0. The van der Waals surface area contributed by atoms with Gasteiger partial charge in [-0.3, -0.25) is 9.79 Å². The van der Waals surface area contributed by atoms with Crippen LogP contribution in [0.1, 0.15) is 22.5 Å². The van der Waals surface area contributed by atoms with Crippen LogP contribution in [0.15, 0.2) is 53.4 Å². The number of benzene rings is 1. The first-order valence-corrected chi connectivity index (χ1v) is 8.55. The maximum absolute atomic E-state index is 14.0. The Balaban J connectivity index is 1.88. The number of halogens is 5. The fourth-order valence-corrected chi connectivity index (χ4v) is 2.77. The van der Waals surface area contributed by atoms with Crippen molar-refractivity contribution < 1.29 is 27.1 Å². The summed E-state index contributed by atoms with van der Waals surface area (Å²) in [6.45, 7) is -1.60. The van der Waals surface area contributed by atoms with E-state index in [1.54, 1.807) is 0 Å². The van der Waals surface area contributed by atoms with Crippen LogP contribution in [0, 0.1) is 5.82 Å². The first-order chi connectivity index (χ1) is 13.7. The number of amides is 1. The van der Waals surface area contributed by atoms with Gasteiger partial charge < -0.3 is 10.1 Å². The Hall–Kier alpha value is -2.85. The SMILES string of the molecule is O=C(NC1=CN=CC(OCC(F)(F)F)(c2ccc(Cl)c(F)c2)C1)c1cccnn1. The van der Waals surface area contributed by atoms with Gasteiger partial charge in [-0.25, -0.2) is 4.39 Å². The Morgan fingerprint density at radius 2 is 2.10 bits per heavy atom. The third-order valence-electron chi connectivity index (χ3n) is 3.95. The molecule has 29 heavy (non-hydrogen) atoms. The Bertz CT molecular complexity index is 966. The molecule has 3 rings (SSSR count). The topological polar surface area (TPSA) is 76.5 Å². The number of nitrogens with zero attached hydrogens (tertiary/aromatic N) is 3. The van der Waals surface area contributed by atoms with Crippen molar-refractivity contribution in [2.24, 2.45) is 4.99 Å². The number of rotatable bonds is 5.